The first-order chi connectivity index (χ1) is 18.2. The molecule has 4 atom stereocenters. The maximum atomic E-state index is 12.5. The van der Waals surface area contributed by atoms with E-state index in [0.717, 1.165) is 29.8 Å². The van der Waals surface area contributed by atoms with Gasteiger partial charge in [0.05, 0.1) is 19.8 Å². The highest BCUT2D eigenvalue weighted by atomic mass is 35.5. The molecular formula is C30H48ClN3O5. The Hall–Kier alpha value is -2.39. The maximum absolute atomic E-state index is 12.5. The van der Waals surface area contributed by atoms with E-state index in [1.807, 2.05) is 37.3 Å². The number of nitrogens with two attached hydrogens (primary N) is 1. The number of nitrogens with one attached hydrogen (secondary N) is 1. The van der Waals surface area contributed by atoms with Gasteiger partial charge in [-0.1, -0.05) is 32.9 Å². The smallest absolute Gasteiger partial charge is 0.222 e. The van der Waals surface area contributed by atoms with Crippen LogP contribution in [0.25, 0.3) is 0 Å². The quantitative estimate of drug-likeness (QED) is 0.232. The van der Waals surface area contributed by atoms with Crippen molar-refractivity contribution in [3.8, 4) is 11.5 Å². The number of nitrogens with zero attached hydrogens (tertiary/aromatic N) is 1. The molecule has 4 N–H and O–H groups in total. The Balaban J connectivity index is 0.00000760. The zero-order valence-electron chi connectivity index (χ0n) is 24.1. The Morgan fingerprint density at radius 2 is 1.85 bits per heavy atom. The number of carbonyl (C=O) groups is 1. The second-order valence-electron chi connectivity index (χ2n) is 10.4. The predicted molar refractivity (Wildman–Crippen MR) is 158 cm³/mol. The highest BCUT2D eigenvalue weighted by molar-refractivity contribution is 5.85. The number of hydrogen-bond acceptors (Lipinski definition) is 7. The van der Waals surface area contributed by atoms with Gasteiger partial charge in [-0.2, -0.15) is 0 Å². The van der Waals surface area contributed by atoms with Crippen molar-refractivity contribution >= 4 is 18.3 Å². The van der Waals surface area contributed by atoms with E-state index in [-0.39, 0.29) is 30.2 Å². The molecule has 9 heteroatoms. The van der Waals surface area contributed by atoms with E-state index in [2.05, 4.69) is 30.2 Å². The summed E-state index contributed by atoms with van der Waals surface area (Å²) < 4.78 is 16.5. The van der Waals surface area contributed by atoms with Crippen molar-refractivity contribution in [2.45, 2.75) is 65.0 Å². The van der Waals surface area contributed by atoms with Crippen LogP contribution in [0.15, 0.2) is 42.6 Å². The number of ether oxygens (including phenoxy) is 3. The molecule has 2 aromatic rings. The molecule has 1 amide bonds. The Labute approximate surface area is 240 Å². The number of aromatic nitrogens is 1. The fourth-order valence-corrected chi connectivity index (χ4v) is 4.42. The first-order valence-corrected chi connectivity index (χ1v) is 13.6. The minimum atomic E-state index is -0.761. The van der Waals surface area contributed by atoms with Crippen LogP contribution in [0.3, 0.4) is 0 Å². The normalized spacial score (nSPS) is 14.2. The molecule has 1 heterocycles. The standard InChI is InChI=1S/C30H47N3O5.ClH/c1-21(2)24(18-23-10-11-28(37-5)29(19-23)38-16-8-15-36-4)20-26(31)27(34)17-22(3)30(35)33-14-12-25-9-6-7-13-32-25;/h6-7,9-11,13,19,21-22,24,26-27,34H,8,12,14-18,20,31H2,1-5H3,(H,33,35);1H/t22-,24+,26+,27+;/m1./s1. The van der Waals surface area contributed by atoms with E-state index in [1.54, 1.807) is 20.4 Å². The average Bonchev–Trinajstić information content (AvgIpc) is 2.91. The van der Waals surface area contributed by atoms with Crippen molar-refractivity contribution in [3.05, 3.63) is 53.9 Å². The van der Waals surface area contributed by atoms with E-state index >= 15 is 0 Å². The third-order valence-corrected chi connectivity index (χ3v) is 6.94. The molecule has 2 rings (SSSR count). The molecule has 8 nitrogen and oxygen atoms in total. The molecule has 0 aliphatic rings. The van der Waals surface area contributed by atoms with E-state index < -0.39 is 12.1 Å². The third kappa shape index (κ3) is 12.6. The van der Waals surface area contributed by atoms with Crippen LogP contribution in [0.5, 0.6) is 11.5 Å². The van der Waals surface area contributed by atoms with Crippen LogP contribution in [0.2, 0.25) is 0 Å². The SMILES string of the molecule is COCCCOc1cc(C[C@@H](C[C@H](N)[C@@H](O)C[C@@H](C)C(=O)NCCc2ccccn2)C(C)C)ccc1OC.Cl. The Morgan fingerprint density at radius 1 is 1.08 bits per heavy atom. The molecule has 0 bridgehead atoms. The fourth-order valence-electron chi connectivity index (χ4n) is 4.42. The molecule has 1 aromatic heterocycles. The summed E-state index contributed by atoms with van der Waals surface area (Å²) in [7, 11) is 3.31. The van der Waals surface area contributed by atoms with Crippen molar-refractivity contribution in [3.63, 3.8) is 0 Å². The molecule has 1 aromatic carbocycles. The molecule has 0 radical (unpaired) electrons. The Kier molecular flexibility index (Phi) is 16.7. The van der Waals surface area contributed by atoms with Crippen molar-refractivity contribution in [1.29, 1.82) is 0 Å². The number of halogens is 1. The van der Waals surface area contributed by atoms with Gasteiger partial charge in [0, 0.05) is 57.0 Å². The maximum Gasteiger partial charge on any atom is 0.222 e. The lowest BCUT2D eigenvalue weighted by Gasteiger charge is -2.28. The Morgan fingerprint density at radius 3 is 2.49 bits per heavy atom. The summed E-state index contributed by atoms with van der Waals surface area (Å²) in [6.45, 7) is 7.88. The van der Waals surface area contributed by atoms with Crippen LogP contribution in [-0.2, 0) is 22.4 Å². The highest BCUT2D eigenvalue weighted by Gasteiger charge is 2.26. The molecule has 0 fully saturated rings. The number of methoxy groups -OCH3 is 2. The molecule has 0 saturated heterocycles. The van der Waals surface area contributed by atoms with Crippen molar-refractivity contribution in [1.82, 2.24) is 10.3 Å². The van der Waals surface area contributed by atoms with Gasteiger partial charge in [0.2, 0.25) is 5.91 Å². The van der Waals surface area contributed by atoms with Crippen LogP contribution in [0.4, 0.5) is 0 Å². The summed E-state index contributed by atoms with van der Waals surface area (Å²) >= 11 is 0. The largest absolute Gasteiger partial charge is 0.493 e. The van der Waals surface area contributed by atoms with Crippen molar-refractivity contribution < 1.29 is 24.1 Å². The summed E-state index contributed by atoms with van der Waals surface area (Å²) in [6, 6.07) is 11.3. The first kappa shape index (κ1) is 34.6. The average molecular weight is 566 g/mol. The molecule has 220 valence electrons. The van der Waals surface area contributed by atoms with Crippen LogP contribution in [0, 0.1) is 17.8 Å². The van der Waals surface area contributed by atoms with E-state index in [0.29, 0.717) is 50.7 Å². The molecular weight excluding hydrogens is 518 g/mol. The van der Waals surface area contributed by atoms with Crippen LogP contribution >= 0.6 is 12.4 Å². The number of rotatable bonds is 18. The lowest BCUT2D eigenvalue weighted by atomic mass is 9.82. The minimum absolute atomic E-state index is 0. The van der Waals surface area contributed by atoms with E-state index in [9.17, 15) is 9.90 Å². The lowest BCUT2D eigenvalue weighted by Crippen LogP contribution is -2.41. The van der Waals surface area contributed by atoms with Crippen molar-refractivity contribution in [2.75, 3.05) is 34.0 Å². The van der Waals surface area contributed by atoms with Gasteiger partial charge in [0.15, 0.2) is 11.5 Å². The summed E-state index contributed by atoms with van der Waals surface area (Å²) in [4.78, 5) is 16.8. The van der Waals surface area contributed by atoms with Crippen LogP contribution < -0.4 is 20.5 Å². The number of aliphatic hydroxyl groups excluding tert-OH is 1. The van der Waals surface area contributed by atoms with Gasteiger partial charge in [0.25, 0.3) is 0 Å². The van der Waals surface area contributed by atoms with Gasteiger partial charge < -0.3 is 30.4 Å². The molecule has 0 aliphatic carbocycles. The highest BCUT2D eigenvalue weighted by Crippen LogP contribution is 2.31. The number of pyridine rings is 1. The lowest BCUT2D eigenvalue weighted by molar-refractivity contribution is -0.125. The first-order valence-electron chi connectivity index (χ1n) is 13.6. The van der Waals surface area contributed by atoms with E-state index in [1.165, 1.54) is 0 Å². The second-order valence-corrected chi connectivity index (χ2v) is 10.4. The second kappa shape index (κ2) is 18.8. The fraction of sp³-hybridized carbons (Fsp3) is 0.600. The predicted octanol–water partition coefficient (Wildman–Crippen LogP) is 4.21. The summed E-state index contributed by atoms with van der Waals surface area (Å²) in [6.07, 6.45) is 4.23. The van der Waals surface area contributed by atoms with Gasteiger partial charge in [-0.25, -0.2) is 0 Å². The van der Waals surface area contributed by atoms with Gasteiger partial charge in [-0.15, -0.1) is 12.4 Å². The monoisotopic (exact) mass is 565 g/mol. The van der Waals surface area contributed by atoms with E-state index in [4.69, 9.17) is 19.9 Å². The summed E-state index contributed by atoms with van der Waals surface area (Å²) in [5, 5.41) is 13.8. The zero-order valence-corrected chi connectivity index (χ0v) is 24.9. The zero-order chi connectivity index (χ0) is 27.9. The van der Waals surface area contributed by atoms with Gasteiger partial charge in [0.1, 0.15) is 0 Å². The molecule has 39 heavy (non-hydrogen) atoms. The van der Waals surface area contributed by atoms with Gasteiger partial charge in [-0.05, 0) is 60.9 Å². The number of hydrogen-bond donors (Lipinski definition) is 3. The third-order valence-electron chi connectivity index (χ3n) is 6.94. The summed E-state index contributed by atoms with van der Waals surface area (Å²) in [5.74, 6) is 1.63. The van der Waals surface area contributed by atoms with Crippen molar-refractivity contribution in [2.24, 2.45) is 23.5 Å². The molecule has 0 saturated carbocycles. The molecule has 0 spiro atoms. The number of carbonyl (C=O) groups excluding carboxylic acids is 1. The van der Waals surface area contributed by atoms with Gasteiger partial charge >= 0.3 is 0 Å². The van der Waals surface area contributed by atoms with Crippen LogP contribution in [0.1, 0.15) is 51.3 Å². The molecule has 0 unspecified atom stereocenters. The topological polar surface area (TPSA) is 116 Å². The number of aliphatic hydroxyl groups is 1. The number of benzene rings is 1. The van der Waals surface area contributed by atoms with Crippen LogP contribution in [-0.4, -0.2) is 62.1 Å². The summed E-state index contributed by atoms with van der Waals surface area (Å²) in [5.41, 5.74) is 8.52. The van der Waals surface area contributed by atoms with Gasteiger partial charge in [-0.3, -0.25) is 9.78 Å². The minimum Gasteiger partial charge on any atom is -0.493 e. The molecule has 0 aliphatic heterocycles. The number of amides is 1. The Bertz CT molecular complexity index is 947.